The number of hydrogen-bond donors (Lipinski definition) is 2. The van der Waals surface area contributed by atoms with Crippen molar-refractivity contribution in [2.24, 2.45) is 0 Å². The molecule has 0 bridgehead atoms. The topological polar surface area (TPSA) is 111 Å². The van der Waals surface area contributed by atoms with E-state index in [9.17, 15) is 18.6 Å². The van der Waals surface area contributed by atoms with Gasteiger partial charge in [0.05, 0.1) is 19.8 Å². The van der Waals surface area contributed by atoms with Gasteiger partial charge in [0.2, 0.25) is 11.8 Å². The maximum atomic E-state index is 12.1. The van der Waals surface area contributed by atoms with E-state index < -0.39 is 28.6 Å². The summed E-state index contributed by atoms with van der Waals surface area (Å²) >= 11 is 0. The number of benzene rings is 2. The van der Waals surface area contributed by atoms with Crippen LogP contribution in [0.15, 0.2) is 48.5 Å². The van der Waals surface area contributed by atoms with Crippen LogP contribution in [0, 0.1) is 0 Å². The number of nitrogens with one attached hydrogen (secondary N) is 2. The van der Waals surface area contributed by atoms with Gasteiger partial charge in [-0.1, -0.05) is 6.07 Å². The van der Waals surface area contributed by atoms with E-state index in [0.29, 0.717) is 17.1 Å². The zero-order valence-corrected chi connectivity index (χ0v) is 16.2. The second kappa shape index (κ2) is 10.2. The van der Waals surface area contributed by atoms with Crippen LogP contribution in [-0.4, -0.2) is 47.7 Å². The minimum absolute atomic E-state index is 0.278. The van der Waals surface area contributed by atoms with Crippen molar-refractivity contribution in [2.75, 3.05) is 36.4 Å². The molecule has 28 heavy (non-hydrogen) atoms. The van der Waals surface area contributed by atoms with Crippen LogP contribution >= 0.6 is 0 Å². The Morgan fingerprint density at radius 1 is 0.893 bits per heavy atom. The second-order valence-electron chi connectivity index (χ2n) is 5.63. The third-order valence-electron chi connectivity index (χ3n) is 3.53. The first kappa shape index (κ1) is 21.1. The Balaban J connectivity index is 1.84. The van der Waals surface area contributed by atoms with Crippen molar-refractivity contribution >= 4 is 40.0 Å². The van der Waals surface area contributed by atoms with Crippen molar-refractivity contribution in [3.05, 3.63) is 54.1 Å². The number of carbonyl (C=O) groups is 3. The summed E-state index contributed by atoms with van der Waals surface area (Å²) in [5.41, 5.74) is 1.18. The molecule has 9 heteroatoms. The van der Waals surface area contributed by atoms with Crippen LogP contribution in [0.2, 0.25) is 0 Å². The predicted molar refractivity (Wildman–Crippen MR) is 106 cm³/mol. The van der Waals surface area contributed by atoms with Crippen LogP contribution in [0.5, 0.6) is 5.75 Å². The molecule has 0 radical (unpaired) electrons. The van der Waals surface area contributed by atoms with Crippen LogP contribution < -0.4 is 15.4 Å². The number of rotatable bonds is 8. The molecule has 0 spiro atoms. The summed E-state index contributed by atoms with van der Waals surface area (Å²) in [5.74, 6) is -1.55. The third kappa shape index (κ3) is 6.51. The number of amides is 2. The average Bonchev–Trinajstić information content (AvgIpc) is 2.67. The van der Waals surface area contributed by atoms with Crippen molar-refractivity contribution in [3.63, 3.8) is 0 Å². The van der Waals surface area contributed by atoms with E-state index in [0.717, 1.165) is 0 Å². The molecule has 0 aliphatic rings. The number of esters is 1. The smallest absolute Gasteiger partial charge is 0.337 e. The van der Waals surface area contributed by atoms with Gasteiger partial charge in [-0.25, -0.2) is 4.79 Å². The fraction of sp³-hybridized carbons (Fsp3) is 0.211. The lowest BCUT2D eigenvalue weighted by Crippen LogP contribution is -2.26. The van der Waals surface area contributed by atoms with Gasteiger partial charge in [0.25, 0.3) is 0 Å². The summed E-state index contributed by atoms with van der Waals surface area (Å²) in [4.78, 5) is 35.5. The highest BCUT2D eigenvalue weighted by Gasteiger charge is 2.14. The number of hydrogen-bond acceptors (Lipinski definition) is 6. The lowest BCUT2D eigenvalue weighted by atomic mass is 10.2. The Kier molecular flexibility index (Phi) is 7.70. The van der Waals surface area contributed by atoms with Gasteiger partial charge in [-0.15, -0.1) is 0 Å². The summed E-state index contributed by atoms with van der Waals surface area (Å²) < 4.78 is 21.7. The standard InChI is InChI=1S/C19H20N2O6S/c1-26-16-8-6-14(7-9-16)20-17(22)11-28(25)12-18(23)21-15-5-3-4-13(10-15)19(24)27-2/h3-10H,11-12H2,1-2H3,(H,20,22)(H,21,23). The Labute approximate surface area is 164 Å². The van der Waals surface area contributed by atoms with Gasteiger partial charge in [0, 0.05) is 22.2 Å². The SMILES string of the molecule is COC(=O)c1cccc(NC(=O)CS(=O)CC(=O)Nc2ccc(OC)cc2)c1. The normalized spacial score (nSPS) is 11.2. The fourth-order valence-corrected chi connectivity index (χ4v) is 3.09. The van der Waals surface area contributed by atoms with E-state index in [1.54, 1.807) is 42.5 Å². The molecule has 0 saturated carbocycles. The zero-order valence-electron chi connectivity index (χ0n) is 15.4. The van der Waals surface area contributed by atoms with E-state index >= 15 is 0 Å². The molecule has 2 aromatic rings. The number of anilines is 2. The first-order valence-corrected chi connectivity index (χ1v) is 9.67. The van der Waals surface area contributed by atoms with Crippen LogP contribution in [0.25, 0.3) is 0 Å². The molecule has 0 aliphatic heterocycles. The quantitative estimate of drug-likeness (QED) is 0.649. The molecular formula is C19H20N2O6S. The number of methoxy groups -OCH3 is 2. The van der Waals surface area contributed by atoms with Gasteiger partial charge >= 0.3 is 5.97 Å². The molecular weight excluding hydrogens is 384 g/mol. The average molecular weight is 404 g/mol. The molecule has 2 aromatic carbocycles. The van der Waals surface area contributed by atoms with Crippen molar-refractivity contribution in [1.82, 2.24) is 0 Å². The van der Waals surface area contributed by atoms with E-state index in [2.05, 4.69) is 15.4 Å². The molecule has 0 heterocycles. The molecule has 148 valence electrons. The number of ether oxygens (including phenoxy) is 2. The van der Waals surface area contributed by atoms with Crippen molar-refractivity contribution in [1.29, 1.82) is 0 Å². The van der Waals surface area contributed by atoms with Crippen molar-refractivity contribution in [3.8, 4) is 5.75 Å². The van der Waals surface area contributed by atoms with Gasteiger partial charge in [0.1, 0.15) is 17.3 Å². The first-order valence-electron chi connectivity index (χ1n) is 8.18. The minimum Gasteiger partial charge on any atom is -0.497 e. The molecule has 0 aliphatic carbocycles. The maximum Gasteiger partial charge on any atom is 0.337 e. The Morgan fingerprint density at radius 3 is 2.07 bits per heavy atom. The summed E-state index contributed by atoms with van der Waals surface area (Å²) in [5, 5.41) is 5.15. The lowest BCUT2D eigenvalue weighted by Gasteiger charge is -2.08. The Bertz CT molecular complexity index is 882. The molecule has 1 unspecified atom stereocenters. The monoisotopic (exact) mass is 404 g/mol. The molecule has 2 N–H and O–H groups in total. The maximum absolute atomic E-state index is 12.1. The van der Waals surface area contributed by atoms with Crippen LogP contribution in [0.1, 0.15) is 10.4 Å². The summed E-state index contributed by atoms with van der Waals surface area (Å²) in [6.45, 7) is 0. The van der Waals surface area contributed by atoms with Gasteiger partial charge in [-0.2, -0.15) is 0 Å². The van der Waals surface area contributed by atoms with Crippen molar-refractivity contribution in [2.45, 2.75) is 0 Å². The molecule has 2 rings (SSSR count). The fourth-order valence-electron chi connectivity index (χ4n) is 2.25. The van der Waals surface area contributed by atoms with Crippen LogP contribution in [0.4, 0.5) is 11.4 Å². The Hall–Kier alpha value is -3.20. The molecule has 8 nitrogen and oxygen atoms in total. The summed E-state index contributed by atoms with van der Waals surface area (Å²) in [6, 6.07) is 12.8. The highest BCUT2D eigenvalue weighted by Crippen LogP contribution is 2.15. The first-order chi connectivity index (χ1) is 13.4. The van der Waals surface area contributed by atoms with E-state index in [-0.39, 0.29) is 17.1 Å². The van der Waals surface area contributed by atoms with Gasteiger partial charge in [0.15, 0.2) is 0 Å². The largest absolute Gasteiger partial charge is 0.497 e. The van der Waals surface area contributed by atoms with Gasteiger partial charge < -0.3 is 20.1 Å². The van der Waals surface area contributed by atoms with Gasteiger partial charge in [-0.3, -0.25) is 13.8 Å². The van der Waals surface area contributed by atoms with E-state index in [1.807, 2.05) is 0 Å². The summed E-state index contributed by atoms with van der Waals surface area (Å²) in [7, 11) is 1.10. The lowest BCUT2D eigenvalue weighted by molar-refractivity contribution is -0.114. The van der Waals surface area contributed by atoms with Crippen molar-refractivity contribution < 1.29 is 28.1 Å². The highest BCUT2D eigenvalue weighted by atomic mass is 32.2. The third-order valence-corrected chi connectivity index (χ3v) is 4.69. The highest BCUT2D eigenvalue weighted by molar-refractivity contribution is 7.86. The molecule has 2 amide bonds. The summed E-state index contributed by atoms with van der Waals surface area (Å²) in [6.07, 6.45) is 0. The second-order valence-corrected chi connectivity index (χ2v) is 7.08. The number of carbonyl (C=O) groups excluding carboxylic acids is 3. The van der Waals surface area contributed by atoms with Crippen LogP contribution in [-0.2, 0) is 25.1 Å². The predicted octanol–water partition coefficient (Wildman–Crippen LogP) is 1.81. The van der Waals surface area contributed by atoms with Crippen LogP contribution in [0.3, 0.4) is 0 Å². The molecule has 0 fully saturated rings. The molecule has 1 atom stereocenters. The molecule has 0 saturated heterocycles. The zero-order chi connectivity index (χ0) is 20.5. The minimum atomic E-state index is -1.69. The van der Waals surface area contributed by atoms with E-state index in [4.69, 9.17) is 4.74 Å². The van der Waals surface area contributed by atoms with Gasteiger partial charge in [-0.05, 0) is 42.5 Å². The Morgan fingerprint density at radius 2 is 1.50 bits per heavy atom. The molecule has 0 aromatic heterocycles. The van der Waals surface area contributed by atoms with E-state index in [1.165, 1.54) is 20.3 Å².